The summed E-state index contributed by atoms with van der Waals surface area (Å²) in [6, 6.07) is 0.222. The molecule has 1 fully saturated rings. The quantitative estimate of drug-likeness (QED) is 0.608. The summed E-state index contributed by atoms with van der Waals surface area (Å²) in [6.45, 7) is 4.48. The summed E-state index contributed by atoms with van der Waals surface area (Å²) in [4.78, 5) is 13.3. The maximum atomic E-state index is 11.4. The van der Waals surface area contributed by atoms with E-state index in [1.54, 1.807) is 7.05 Å². The molecule has 1 atom stereocenters. The Balaban J connectivity index is 2.42. The van der Waals surface area contributed by atoms with Crippen LogP contribution >= 0.6 is 0 Å². The number of ether oxygens (including phenoxy) is 1. The lowest BCUT2D eigenvalue weighted by molar-refractivity contribution is -0.137. The second-order valence-corrected chi connectivity index (χ2v) is 3.04. The van der Waals surface area contributed by atoms with Gasteiger partial charge in [0.15, 0.2) is 0 Å². The zero-order valence-electron chi connectivity index (χ0n) is 7.67. The first-order chi connectivity index (χ1) is 5.75. The number of carbonyl (C=O) groups is 1. The van der Waals surface area contributed by atoms with Crippen LogP contribution in [0.25, 0.3) is 0 Å². The van der Waals surface area contributed by atoms with Gasteiger partial charge in [-0.25, -0.2) is 0 Å². The summed E-state index contributed by atoms with van der Waals surface area (Å²) in [5.41, 5.74) is 0. The fraction of sp³-hybridized carbons (Fsp3) is 0.875. The summed E-state index contributed by atoms with van der Waals surface area (Å²) in [5, 5.41) is 2.85. The van der Waals surface area contributed by atoms with Crippen LogP contribution in [0.15, 0.2) is 0 Å². The molecule has 1 unspecified atom stereocenters. The van der Waals surface area contributed by atoms with E-state index in [4.69, 9.17) is 4.74 Å². The maximum Gasteiger partial charge on any atom is 0.236 e. The molecule has 4 heteroatoms. The number of morpholine rings is 1. The molecule has 0 spiro atoms. The highest BCUT2D eigenvalue weighted by Crippen LogP contribution is 2.05. The third-order valence-corrected chi connectivity index (χ3v) is 2.02. The molecule has 12 heavy (non-hydrogen) atoms. The Bertz CT molecular complexity index is 161. The topological polar surface area (TPSA) is 41.6 Å². The average molecular weight is 172 g/mol. The summed E-state index contributed by atoms with van der Waals surface area (Å²) < 4.78 is 5.23. The van der Waals surface area contributed by atoms with Crippen LogP contribution in [0.3, 0.4) is 0 Å². The molecular weight excluding hydrogens is 156 g/mol. The Kier molecular flexibility index (Phi) is 3.49. The lowest BCUT2D eigenvalue weighted by Gasteiger charge is -2.33. The SMILES string of the molecule is CNCC(=O)N1CCOCC1C. The molecule has 0 radical (unpaired) electrons. The molecule has 1 N–H and O–H groups in total. The normalized spacial score (nSPS) is 24.2. The number of nitrogens with one attached hydrogen (secondary N) is 1. The molecule has 0 aromatic rings. The fourth-order valence-electron chi connectivity index (χ4n) is 1.35. The van der Waals surface area contributed by atoms with E-state index in [9.17, 15) is 4.79 Å². The summed E-state index contributed by atoms with van der Waals surface area (Å²) in [7, 11) is 1.78. The molecule has 1 rings (SSSR count). The van der Waals surface area contributed by atoms with Crippen LogP contribution in [0.1, 0.15) is 6.92 Å². The van der Waals surface area contributed by atoms with Crippen molar-refractivity contribution < 1.29 is 9.53 Å². The predicted molar refractivity (Wildman–Crippen MR) is 45.9 cm³/mol. The van der Waals surface area contributed by atoms with Gasteiger partial charge in [-0.3, -0.25) is 4.79 Å². The Morgan fingerprint density at radius 3 is 3.08 bits per heavy atom. The second-order valence-electron chi connectivity index (χ2n) is 3.04. The van der Waals surface area contributed by atoms with E-state index in [1.165, 1.54) is 0 Å². The van der Waals surface area contributed by atoms with Crippen LogP contribution in [0.4, 0.5) is 0 Å². The smallest absolute Gasteiger partial charge is 0.236 e. The van der Waals surface area contributed by atoms with Crippen LogP contribution in [-0.2, 0) is 9.53 Å². The van der Waals surface area contributed by atoms with Crippen LogP contribution in [0.5, 0.6) is 0 Å². The second kappa shape index (κ2) is 4.42. The highest BCUT2D eigenvalue weighted by molar-refractivity contribution is 5.78. The first kappa shape index (κ1) is 9.48. The van der Waals surface area contributed by atoms with Crippen molar-refractivity contribution in [2.75, 3.05) is 33.4 Å². The van der Waals surface area contributed by atoms with E-state index in [2.05, 4.69) is 5.32 Å². The summed E-state index contributed by atoms with van der Waals surface area (Å²) in [5.74, 6) is 0.160. The Labute approximate surface area is 72.9 Å². The molecule has 0 aliphatic carbocycles. The largest absolute Gasteiger partial charge is 0.377 e. The standard InChI is InChI=1S/C8H16N2O2/c1-7-6-12-4-3-10(7)8(11)5-9-2/h7,9H,3-6H2,1-2H3. The Hall–Kier alpha value is -0.610. The number of carbonyl (C=O) groups excluding carboxylic acids is 1. The zero-order chi connectivity index (χ0) is 8.97. The van der Waals surface area contributed by atoms with Gasteiger partial charge in [0.25, 0.3) is 0 Å². The molecule has 1 aliphatic heterocycles. The first-order valence-corrected chi connectivity index (χ1v) is 4.27. The highest BCUT2D eigenvalue weighted by Gasteiger charge is 2.22. The van der Waals surface area contributed by atoms with Crippen molar-refractivity contribution in [2.24, 2.45) is 0 Å². The Morgan fingerprint density at radius 2 is 2.50 bits per heavy atom. The van der Waals surface area contributed by atoms with Gasteiger partial charge in [-0.05, 0) is 14.0 Å². The van der Waals surface area contributed by atoms with E-state index >= 15 is 0 Å². The van der Waals surface area contributed by atoms with Crippen molar-refractivity contribution in [1.82, 2.24) is 10.2 Å². The van der Waals surface area contributed by atoms with Gasteiger partial charge in [-0.2, -0.15) is 0 Å². The number of rotatable bonds is 2. The summed E-state index contributed by atoms with van der Waals surface area (Å²) >= 11 is 0. The first-order valence-electron chi connectivity index (χ1n) is 4.27. The maximum absolute atomic E-state index is 11.4. The summed E-state index contributed by atoms with van der Waals surface area (Å²) in [6.07, 6.45) is 0. The van der Waals surface area contributed by atoms with Crippen molar-refractivity contribution in [3.8, 4) is 0 Å². The van der Waals surface area contributed by atoms with Crippen molar-refractivity contribution in [1.29, 1.82) is 0 Å². The molecule has 0 aromatic heterocycles. The zero-order valence-corrected chi connectivity index (χ0v) is 7.67. The van der Waals surface area contributed by atoms with Crippen molar-refractivity contribution in [3.63, 3.8) is 0 Å². The lowest BCUT2D eigenvalue weighted by atomic mass is 10.2. The highest BCUT2D eigenvalue weighted by atomic mass is 16.5. The number of nitrogens with zero attached hydrogens (tertiary/aromatic N) is 1. The molecule has 0 saturated carbocycles. The van der Waals surface area contributed by atoms with Crippen molar-refractivity contribution in [3.05, 3.63) is 0 Å². The van der Waals surface area contributed by atoms with E-state index < -0.39 is 0 Å². The van der Waals surface area contributed by atoms with Crippen molar-refractivity contribution >= 4 is 5.91 Å². The number of likely N-dealkylation sites (N-methyl/N-ethyl adjacent to an activating group) is 1. The third kappa shape index (κ3) is 2.19. The van der Waals surface area contributed by atoms with Gasteiger partial charge in [0.1, 0.15) is 0 Å². The molecular formula is C8H16N2O2. The number of hydrogen-bond acceptors (Lipinski definition) is 3. The molecule has 0 bridgehead atoms. The van der Waals surface area contributed by atoms with E-state index in [-0.39, 0.29) is 11.9 Å². The van der Waals surface area contributed by atoms with Gasteiger partial charge < -0.3 is 15.0 Å². The van der Waals surface area contributed by atoms with Crippen molar-refractivity contribution in [2.45, 2.75) is 13.0 Å². The van der Waals surface area contributed by atoms with Crippen LogP contribution < -0.4 is 5.32 Å². The number of hydrogen-bond donors (Lipinski definition) is 1. The minimum atomic E-state index is 0.160. The lowest BCUT2D eigenvalue weighted by Crippen LogP contribution is -2.49. The van der Waals surface area contributed by atoms with E-state index in [0.29, 0.717) is 19.8 Å². The molecule has 1 saturated heterocycles. The van der Waals surface area contributed by atoms with Gasteiger partial charge >= 0.3 is 0 Å². The average Bonchev–Trinajstić information content (AvgIpc) is 2.05. The van der Waals surface area contributed by atoms with E-state index in [0.717, 1.165) is 6.54 Å². The molecule has 1 amide bonds. The molecule has 0 aromatic carbocycles. The van der Waals surface area contributed by atoms with Crippen LogP contribution in [-0.4, -0.2) is 50.2 Å². The van der Waals surface area contributed by atoms with Crippen LogP contribution in [0, 0.1) is 0 Å². The predicted octanol–water partition coefficient (Wildman–Crippen LogP) is -0.547. The molecule has 1 heterocycles. The minimum absolute atomic E-state index is 0.160. The van der Waals surface area contributed by atoms with Gasteiger partial charge in [-0.15, -0.1) is 0 Å². The minimum Gasteiger partial charge on any atom is -0.377 e. The van der Waals surface area contributed by atoms with Gasteiger partial charge in [0.2, 0.25) is 5.91 Å². The molecule has 1 aliphatic rings. The molecule has 4 nitrogen and oxygen atoms in total. The van der Waals surface area contributed by atoms with Gasteiger partial charge in [-0.1, -0.05) is 0 Å². The van der Waals surface area contributed by atoms with E-state index in [1.807, 2.05) is 11.8 Å². The number of amides is 1. The fourth-order valence-corrected chi connectivity index (χ4v) is 1.35. The Morgan fingerprint density at radius 1 is 1.75 bits per heavy atom. The van der Waals surface area contributed by atoms with Crippen LogP contribution in [0.2, 0.25) is 0 Å². The van der Waals surface area contributed by atoms with Gasteiger partial charge in [0.05, 0.1) is 25.8 Å². The monoisotopic (exact) mass is 172 g/mol. The molecule has 70 valence electrons. The third-order valence-electron chi connectivity index (χ3n) is 2.02. The van der Waals surface area contributed by atoms with Gasteiger partial charge in [0, 0.05) is 6.54 Å².